The molecule has 0 spiro atoms. The van der Waals surface area contributed by atoms with E-state index in [0.717, 1.165) is 29.6 Å². The van der Waals surface area contributed by atoms with Crippen molar-refractivity contribution >= 4 is 22.6 Å². The number of ether oxygens (including phenoxy) is 1. The third-order valence-corrected chi connectivity index (χ3v) is 4.87. The maximum absolute atomic E-state index is 13.1. The Morgan fingerprint density at radius 1 is 1.00 bits per heavy atom. The summed E-state index contributed by atoms with van der Waals surface area (Å²) in [5.41, 5.74) is 2.76. The van der Waals surface area contributed by atoms with Gasteiger partial charge >= 0.3 is 0 Å². The molecule has 0 radical (unpaired) electrons. The minimum Gasteiger partial charge on any atom is -0.451 e. The largest absolute Gasteiger partial charge is 0.451 e. The van der Waals surface area contributed by atoms with Crippen LogP contribution < -0.4 is 4.90 Å². The van der Waals surface area contributed by atoms with Crippen LogP contribution in [-0.2, 0) is 11.3 Å². The quantitative estimate of drug-likeness (QED) is 0.722. The van der Waals surface area contributed by atoms with E-state index in [1.165, 1.54) is 5.69 Å². The van der Waals surface area contributed by atoms with E-state index in [4.69, 9.17) is 9.15 Å². The second-order valence-corrected chi connectivity index (χ2v) is 6.45. The number of anilines is 1. The van der Waals surface area contributed by atoms with Gasteiger partial charge in [0.25, 0.3) is 5.91 Å². The van der Waals surface area contributed by atoms with Crippen LogP contribution in [0.4, 0.5) is 5.69 Å². The fourth-order valence-electron chi connectivity index (χ4n) is 3.51. The van der Waals surface area contributed by atoms with Crippen molar-refractivity contribution in [3.63, 3.8) is 0 Å². The first-order valence-electron chi connectivity index (χ1n) is 8.86. The van der Waals surface area contributed by atoms with Crippen molar-refractivity contribution in [3.05, 3.63) is 65.9 Å². The number of para-hydroxylation sites is 2. The highest BCUT2D eigenvalue weighted by Gasteiger charge is 2.28. The average molecular weight is 350 g/mol. The molecule has 0 N–H and O–H groups in total. The number of hydrogen-bond donors (Lipinski definition) is 0. The van der Waals surface area contributed by atoms with Gasteiger partial charge in [-0.15, -0.1) is 0 Å². The topological polar surface area (TPSA) is 45.9 Å². The molecule has 0 atom stereocenters. The first kappa shape index (κ1) is 16.7. The SMILES string of the molecule is COCc1c(C(=O)N2CCN(c3ccccc3)CC2)oc2ccccc12. The van der Waals surface area contributed by atoms with Gasteiger partial charge in [-0.3, -0.25) is 4.79 Å². The molecule has 0 saturated carbocycles. The summed E-state index contributed by atoms with van der Waals surface area (Å²) in [6.45, 7) is 3.35. The van der Waals surface area contributed by atoms with Crippen molar-refractivity contribution in [1.29, 1.82) is 0 Å². The highest BCUT2D eigenvalue weighted by molar-refractivity contribution is 5.99. The fraction of sp³-hybridized carbons (Fsp3) is 0.286. The molecular weight excluding hydrogens is 328 g/mol. The van der Waals surface area contributed by atoms with Gasteiger partial charge in [0, 0.05) is 49.9 Å². The number of furan rings is 1. The van der Waals surface area contributed by atoms with Crippen LogP contribution in [0.25, 0.3) is 11.0 Å². The maximum Gasteiger partial charge on any atom is 0.290 e. The number of fused-ring (bicyclic) bond motifs is 1. The molecular formula is C21H22N2O3. The number of amides is 1. The molecule has 134 valence electrons. The zero-order valence-electron chi connectivity index (χ0n) is 14.9. The molecule has 0 bridgehead atoms. The molecule has 3 aromatic rings. The molecule has 5 heteroatoms. The zero-order chi connectivity index (χ0) is 17.9. The van der Waals surface area contributed by atoms with E-state index < -0.39 is 0 Å². The second kappa shape index (κ2) is 7.22. The minimum absolute atomic E-state index is 0.0547. The summed E-state index contributed by atoms with van der Waals surface area (Å²) in [6.07, 6.45) is 0. The van der Waals surface area contributed by atoms with Gasteiger partial charge in [0.1, 0.15) is 5.58 Å². The number of piperazine rings is 1. The molecule has 1 aliphatic rings. The standard InChI is InChI=1S/C21H22N2O3/c1-25-15-18-17-9-5-6-10-19(17)26-20(18)21(24)23-13-11-22(12-14-23)16-7-3-2-4-8-16/h2-10H,11-15H2,1H3. The van der Waals surface area contributed by atoms with Crippen molar-refractivity contribution in [3.8, 4) is 0 Å². The van der Waals surface area contributed by atoms with Crippen molar-refractivity contribution in [2.45, 2.75) is 6.61 Å². The number of rotatable bonds is 4. The highest BCUT2D eigenvalue weighted by Crippen LogP contribution is 2.28. The fourth-order valence-corrected chi connectivity index (χ4v) is 3.51. The van der Waals surface area contributed by atoms with E-state index in [2.05, 4.69) is 17.0 Å². The molecule has 1 aromatic heterocycles. The third-order valence-electron chi connectivity index (χ3n) is 4.87. The van der Waals surface area contributed by atoms with Gasteiger partial charge in [-0.2, -0.15) is 0 Å². The predicted octanol–water partition coefficient (Wildman–Crippen LogP) is 3.54. The van der Waals surface area contributed by atoms with Gasteiger partial charge in [-0.05, 0) is 18.2 Å². The number of carbonyl (C=O) groups is 1. The molecule has 1 amide bonds. The van der Waals surface area contributed by atoms with E-state index in [1.54, 1.807) is 7.11 Å². The Labute approximate surface area is 152 Å². The number of nitrogens with zero attached hydrogens (tertiary/aromatic N) is 2. The smallest absolute Gasteiger partial charge is 0.290 e. The van der Waals surface area contributed by atoms with Crippen LogP contribution in [0.15, 0.2) is 59.0 Å². The van der Waals surface area contributed by atoms with E-state index in [1.807, 2.05) is 47.4 Å². The maximum atomic E-state index is 13.1. The van der Waals surface area contributed by atoms with Crippen LogP contribution in [0.1, 0.15) is 16.1 Å². The molecule has 26 heavy (non-hydrogen) atoms. The summed E-state index contributed by atoms with van der Waals surface area (Å²) in [5, 5.41) is 0.945. The van der Waals surface area contributed by atoms with Crippen molar-refractivity contribution in [1.82, 2.24) is 4.90 Å². The van der Waals surface area contributed by atoms with Crippen molar-refractivity contribution < 1.29 is 13.9 Å². The summed E-state index contributed by atoms with van der Waals surface area (Å²) in [4.78, 5) is 17.2. The first-order valence-corrected chi connectivity index (χ1v) is 8.86. The Hall–Kier alpha value is -2.79. The lowest BCUT2D eigenvalue weighted by atomic mass is 10.1. The summed E-state index contributed by atoms with van der Waals surface area (Å²) >= 11 is 0. The van der Waals surface area contributed by atoms with Crippen LogP contribution in [0.2, 0.25) is 0 Å². The molecule has 1 saturated heterocycles. The Kier molecular flexibility index (Phi) is 4.63. The normalized spacial score (nSPS) is 14.8. The summed E-state index contributed by atoms with van der Waals surface area (Å²) in [5.74, 6) is 0.349. The minimum atomic E-state index is -0.0547. The predicted molar refractivity (Wildman–Crippen MR) is 101 cm³/mol. The van der Waals surface area contributed by atoms with Crippen LogP contribution >= 0.6 is 0 Å². The molecule has 4 rings (SSSR count). The third kappa shape index (κ3) is 3.06. The Morgan fingerprint density at radius 3 is 2.42 bits per heavy atom. The van der Waals surface area contributed by atoms with E-state index >= 15 is 0 Å². The Bertz CT molecular complexity index is 896. The zero-order valence-corrected chi connectivity index (χ0v) is 14.9. The van der Waals surface area contributed by atoms with E-state index in [-0.39, 0.29) is 5.91 Å². The monoisotopic (exact) mass is 350 g/mol. The lowest BCUT2D eigenvalue weighted by molar-refractivity contribution is 0.0710. The number of benzene rings is 2. The van der Waals surface area contributed by atoms with E-state index in [9.17, 15) is 4.79 Å². The van der Waals surface area contributed by atoms with Gasteiger partial charge < -0.3 is 19.0 Å². The lowest BCUT2D eigenvalue weighted by Crippen LogP contribution is -2.48. The van der Waals surface area contributed by atoms with Crippen LogP contribution in [0.3, 0.4) is 0 Å². The summed E-state index contributed by atoms with van der Waals surface area (Å²) in [6, 6.07) is 18.0. The van der Waals surface area contributed by atoms with Gasteiger partial charge in [-0.1, -0.05) is 36.4 Å². The van der Waals surface area contributed by atoms with Gasteiger partial charge in [0.2, 0.25) is 0 Å². The van der Waals surface area contributed by atoms with Gasteiger partial charge in [0.05, 0.1) is 6.61 Å². The Balaban J connectivity index is 1.54. The van der Waals surface area contributed by atoms with Crippen molar-refractivity contribution in [2.24, 2.45) is 0 Å². The summed E-state index contributed by atoms with van der Waals surface area (Å²) < 4.78 is 11.2. The van der Waals surface area contributed by atoms with Crippen molar-refractivity contribution in [2.75, 3.05) is 38.2 Å². The Morgan fingerprint density at radius 2 is 1.69 bits per heavy atom. The van der Waals surface area contributed by atoms with Crippen LogP contribution in [-0.4, -0.2) is 44.1 Å². The van der Waals surface area contributed by atoms with Crippen LogP contribution in [0.5, 0.6) is 0 Å². The molecule has 0 aliphatic carbocycles. The number of methoxy groups -OCH3 is 1. The van der Waals surface area contributed by atoms with Crippen LogP contribution in [0, 0.1) is 0 Å². The molecule has 5 nitrogen and oxygen atoms in total. The molecule has 1 aliphatic heterocycles. The van der Waals surface area contributed by atoms with E-state index in [0.29, 0.717) is 25.5 Å². The average Bonchev–Trinajstić information content (AvgIpc) is 3.07. The molecule has 2 heterocycles. The lowest BCUT2D eigenvalue weighted by Gasteiger charge is -2.35. The second-order valence-electron chi connectivity index (χ2n) is 6.45. The first-order chi connectivity index (χ1) is 12.8. The van der Waals surface area contributed by atoms with Gasteiger partial charge in [-0.25, -0.2) is 0 Å². The highest BCUT2D eigenvalue weighted by atomic mass is 16.5. The molecule has 0 unspecified atom stereocenters. The molecule has 2 aromatic carbocycles. The number of hydrogen-bond acceptors (Lipinski definition) is 4. The number of carbonyl (C=O) groups excluding carboxylic acids is 1. The summed E-state index contributed by atoms with van der Waals surface area (Å²) in [7, 11) is 1.63. The van der Waals surface area contributed by atoms with Gasteiger partial charge in [0.15, 0.2) is 5.76 Å². The molecule has 1 fully saturated rings.